The van der Waals surface area contributed by atoms with Gasteiger partial charge in [0.1, 0.15) is 0 Å². The smallest absolute Gasteiger partial charge is 0.248 e. The van der Waals surface area contributed by atoms with Gasteiger partial charge < -0.3 is 5.11 Å². The molecule has 5 unspecified atom stereocenters. The van der Waals surface area contributed by atoms with Crippen LogP contribution in [0, 0.1) is 35.5 Å². The molecule has 1 nitrogen and oxygen atoms in total. The van der Waals surface area contributed by atoms with Gasteiger partial charge in [0.05, 0.1) is 0 Å². The Bertz CT molecular complexity index is 392. The summed E-state index contributed by atoms with van der Waals surface area (Å²) < 4.78 is 27.2. The van der Waals surface area contributed by atoms with Crippen LogP contribution in [0.4, 0.5) is 8.78 Å². The van der Waals surface area contributed by atoms with Gasteiger partial charge in [0, 0.05) is 18.9 Å². The second-order valence-electron chi connectivity index (χ2n) is 8.95. The van der Waals surface area contributed by atoms with Crippen LogP contribution in [0.1, 0.15) is 78.1 Å². The summed E-state index contributed by atoms with van der Waals surface area (Å²) in [5.74, 6) is 2.36. The van der Waals surface area contributed by atoms with E-state index in [2.05, 4.69) is 0 Å². The molecule has 4 aliphatic carbocycles. The fourth-order valence-electron chi connectivity index (χ4n) is 6.42. The Morgan fingerprint density at radius 3 is 2.00 bits per heavy atom. The molecule has 3 heteroatoms. The molecule has 4 rings (SSSR count). The van der Waals surface area contributed by atoms with Crippen molar-refractivity contribution in [3.8, 4) is 0 Å². The largest absolute Gasteiger partial charge is 0.394 e. The van der Waals surface area contributed by atoms with E-state index in [0.29, 0.717) is 11.8 Å². The minimum Gasteiger partial charge on any atom is -0.394 e. The van der Waals surface area contributed by atoms with Gasteiger partial charge in [0.15, 0.2) is 0 Å². The summed E-state index contributed by atoms with van der Waals surface area (Å²) in [5.41, 5.74) is 0. The Hall–Kier alpha value is -0.180. The molecule has 4 aliphatic rings. The number of hydrogen-bond acceptors (Lipinski definition) is 1. The molecule has 0 aromatic heterocycles. The second kappa shape index (κ2) is 6.98. The average Bonchev–Trinajstić information content (AvgIpc) is 2.93. The van der Waals surface area contributed by atoms with Gasteiger partial charge >= 0.3 is 0 Å². The van der Waals surface area contributed by atoms with Gasteiger partial charge in [-0.05, 0) is 87.9 Å². The van der Waals surface area contributed by atoms with Crippen molar-refractivity contribution in [2.24, 2.45) is 35.5 Å². The molecule has 0 spiro atoms. The average molecular weight is 328 g/mol. The summed E-state index contributed by atoms with van der Waals surface area (Å²) >= 11 is 0. The summed E-state index contributed by atoms with van der Waals surface area (Å²) in [7, 11) is 0. The number of alkyl halides is 2. The normalized spacial score (nSPS) is 44.6. The van der Waals surface area contributed by atoms with E-state index in [1.165, 1.54) is 38.5 Å². The number of hydrogen-bond donors (Lipinski definition) is 1. The molecule has 4 saturated carbocycles. The minimum absolute atomic E-state index is 0.167. The molecule has 0 aromatic rings. The van der Waals surface area contributed by atoms with E-state index in [1.54, 1.807) is 13.8 Å². The van der Waals surface area contributed by atoms with Crippen molar-refractivity contribution in [2.75, 3.05) is 0 Å². The van der Waals surface area contributed by atoms with Crippen LogP contribution in [-0.2, 0) is 0 Å². The summed E-state index contributed by atoms with van der Waals surface area (Å²) in [5, 5.41) is 8.06. The highest BCUT2D eigenvalue weighted by atomic mass is 19.3. The summed E-state index contributed by atoms with van der Waals surface area (Å²) in [6, 6.07) is 0. The van der Waals surface area contributed by atoms with Crippen molar-refractivity contribution in [3.63, 3.8) is 0 Å². The second-order valence-corrected chi connectivity index (χ2v) is 8.95. The Labute approximate surface area is 140 Å². The van der Waals surface area contributed by atoms with Gasteiger partial charge in [-0.1, -0.05) is 12.8 Å². The highest BCUT2D eigenvalue weighted by Crippen LogP contribution is 2.59. The fraction of sp³-hybridized carbons (Fsp3) is 1.00. The Morgan fingerprint density at radius 2 is 1.35 bits per heavy atom. The molecular formula is C20H34F2O. The van der Waals surface area contributed by atoms with Crippen molar-refractivity contribution >= 4 is 0 Å². The Morgan fingerprint density at radius 1 is 0.783 bits per heavy atom. The van der Waals surface area contributed by atoms with Crippen LogP contribution < -0.4 is 0 Å². The van der Waals surface area contributed by atoms with Gasteiger partial charge in [0.2, 0.25) is 5.92 Å². The van der Waals surface area contributed by atoms with E-state index in [1.807, 2.05) is 0 Å². The molecule has 1 N–H and O–H groups in total. The lowest BCUT2D eigenvalue weighted by Crippen LogP contribution is -2.46. The highest BCUT2D eigenvalue weighted by molar-refractivity contribution is 5.00. The third-order valence-corrected chi connectivity index (χ3v) is 7.12. The fourth-order valence-corrected chi connectivity index (χ4v) is 6.42. The van der Waals surface area contributed by atoms with Crippen LogP contribution in [-0.4, -0.2) is 17.1 Å². The number of aliphatic hydroxyl groups excluding tert-OH is 1. The monoisotopic (exact) mass is 328 g/mol. The lowest BCUT2D eigenvalue weighted by molar-refractivity contribution is -0.111. The van der Waals surface area contributed by atoms with Crippen molar-refractivity contribution < 1.29 is 13.9 Å². The maximum atomic E-state index is 13.6. The molecule has 0 amide bonds. The van der Waals surface area contributed by atoms with Gasteiger partial charge in [-0.2, -0.15) is 0 Å². The van der Waals surface area contributed by atoms with E-state index in [4.69, 9.17) is 5.11 Å². The maximum Gasteiger partial charge on any atom is 0.248 e. The van der Waals surface area contributed by atoms with E-state index in [9.17, 15) is 8.78 Å². The van der Waals surface area contributed by atoms with E-state index in [0.717, 1.165) is 36.5 Å². The zero-order chi connectivity index (χ0) is 16.6. The van der Waals surface area contributed by atoms with E-state index >= 15 is 0 Å². The first-order valence-corrected chi connectivity index (χ1v) is 9.93. The quantitative estimate of drug-likeness (QED) is 0.608. The molecule has 134 valence electrons. The first-order chi connectivity index (χ1) is 10.9. The highest BCUT2D eigenvalue weighted by Gasteiger charge is 2.52. The number of halogens is 2. The van der Waals surface area contributed by atoms with Crippen LogP contribution >= 0.6 is 0 Å². The van der Waals surface area contributed by atoms with E-state index in [-0.39, 0.29) is 18.9 Å². The predicted molar refractivity (Wildman–Crippen MR) is 89.4 cm³/mol. The van der Waals surface area contributed by atoms with Gasteiger partial charge in [-0.3, -0.25) is 0 Å². The third kappa shape index (κ3) is 3.91. The summed E-state index contributed by atoms with van der Waals surface area (Å²) in [6.45, 7) is 3.44. The van der Waals surface area contributed by atoms with Crippen molar-refractivity contribution in [1.29, 1.82) is 0 Å². The van der Waals surface area contributed by atoms with Gasteiger partial charge in [-0.15, -0.1) is 0 Å². The molecular weight excluding hydrogens is 294 g/mol. The molecule has 0 aromatic carbocycles. The van der Waals surface area contributed by atoms with Crippen LogP contribution in [0.5, 0.6) is 0 Å². The zero-order valence-corrected chi connectivity index (χ0v) is 14.8. The molecule has 0 heterocycles. The maximum absolute atomic E-state index is 13.6. The zero-order valence-electron chi connectivity index (χ0n) is 14.8. The van der Waals surface area contributed by atoms with Crippen LogP contribution in [0.3, 0.4) is 0 Å². The molecule has 23 heavy (non-hydrogen) atoms. The standard InChI is InChI=1S/C17H26F2.C3H8O/c18-17(19)9-8-14-12(10-17)5-7-15-13-3-1-2-11(13)4-6-16(14)15;1-3(2)4/h11-16H,1-10H2;3-4H,1-2H3/t11?,12?,13?,14?,15?,16-;/m1./s1. The van der Waals surface area contributed by atoms with E-state index < -0.39 is 5.92 Å². The number of fused-ring (bicyclic) bond motifs is 5. The van der Waals surface area contributed by atoms with Crippen LogP contribution in [0.25, 0.3) is 0 Å². The summed E-state index contributed by atoms with van der Waals surface area (Å²) in [4.78, 5) is 0. The molecule has 0 bridgehead atoms. The van der Waals surface area contributed by atoms with Crippen molar-refractivity contribution in [2.45, 2.75) is 90.1 Å². The number of aliphatic hydroxyl groups is 1. The molecule has 0 saturated heterocycles. The first-order valence-electron chi connectivity index (χ1n) is 9.93. The first kappa shape index (κ1) is 17.6. The number of rotatable bonds is 0. The van der Waals surface area contributed by atoms with Crippen LogP contribution in [0.2, 0.25) is 0 Å². The molecule has 4 fully saturated rings. The lowest BCUT2D eigenvalue weighted by Gasteiger charge is -2.52. The van der Waals surface area contributed by atoms with Crippen LogP contribution in [0.15, 0.2) is 0 Å². The van der Waals surface area contributed by atoms with Crippen molar-refractivity contribution in [3.05, 3.63) is 0 Å². The Kier molecular flexibility index (Phi) is 5.35. The molecule has 0 radical (unpaired) electrons. The minimum atomic E-state index is -2.35. The third-order valence-electron chi connectivity index (χ3n) is 7.12. The lowest BCUT2D eigenvalue weighted by atomic mass is 9.53. The molecule has 6 atom stereocenters. The predicted octanol–water partition coefficient (Wildman–Crippen LogP) is 5.66. The summed E-state index contributed by atoms with van der Waals surface area (Å²) in [6.07, 6.45) is 10.5. The van der Waals surface area contributed by atoms with Gasteiger partial charge in [-0.25, -0.2) is 8.78 Å². The topological polar surface area (TPSA) is 20.2 Å². The van der Waals surface area contributed by atoms with Crippen molar-refractivity contribution in [1.82, 2.24) is 0 Å². The SMILES string of the molecule is CC(C)O.FC1(F)CCC2C(CCC3C4CCCC4CC[C@H]23)C1. The van der Waals surface area contributed by atoms with Gasteiger partial charge in [0.25, 0.3) is 0 Å². The molecule has 0 aliphatic heterocycles. The Balaban J connectivity index is 0.000000354.